The average molecular weight is 344 g/mol. The summed E-state index contributed by atoms with van der Waals surface area (Å²) < 4.78 is 10.7. The van der Waals surface area contributed by atoms with Gasteiger partial charge in [-0.1, -0.05) is 19.1 Å². The topological polar surface area (TPSA) is 42.0 Å². The van der Waals surface area contributed by atoms with Gasteiger partial charge in [-0.2, -0.15) is 0 Å². The third-order valence-electron chi connectivity index (χ3n) is 6.05. The normalized spacial score (nSPS) is 32.6. The van der Waals surface area contributed by atoms with Gasteiger partial charge in [-0.3, -0.25) is 9.69 Å². The maximum Gasteiger partial charge on any atom is 0.226 e. The van der Waals surface area contributed by atoms with Crippen LogP contribution in [-0.4, -0.2) is 68.3 Å². The quantitative estimate of drug-likeness (QED) is 0.838. The molecule has 0 aromatic heterocycles. The fourth-order valence-electron chi connectivity index (χ4n) is 4.44. The molecule has 3 fully saturated rings. The number of morpholine rings is 1. The second-order valence-corrected chi connectivity index (χ2v) is 7.66. The summed E-state index contributed by atoms with van der Waals surface area (Å²) in [4.78, 5) is 17.6. The van der Waals surface area contributed by atoms with Crippen LogP contribution in [-0.2, 0) is 9.53 Å². The Balaban J connectivity index is 1.35. The molecule has 5 heteroatoms. The van der Waals surface area contributed by atoms with Crippen LogP contribution in [0.5, 0.6) is 5.75 Å². The maximum atomic E-state index is 12.9. The molecule has 4 atom stereocenters. The van der Waals surface area contributed by atoms with Crippen molar-refractivity contribution < 1.29 is 14.3 Å². The molecule has 25 heavy (non-hydrogen) atoms. The van der Waals surface area contributed by atoms with E-state index in [1.165, 1.54) is 5.56 Å². The molecule has 4 rings (SSSR count). The van der Waals surface area contributed by atoms with Gasteiger partial charge in [-0.05, 0) is 36.0 Å². The van der Waals surface area contributed by atoms with Gasteiger partial charge in [0.1, 0.15) is 5.75 Å². The van der Waals surface area contributed by atoms with Crippen molar-refractivity contribution in [3.8, 4) is 5.75 Å². The lowest BCUT2D eigenvalue weighted by Gasteiger charge is -2.34. The van der Waals surface area contributed by atoms with E-state index in [1.54, 1.807) is 7.11 Å². The molecule has 0 radical (unpaired) electrons. The molecule has 3 aliphatic rings. The Bertz CT molecular complexity index is 612. The average Bonchev–Trinajstić information content (AvgIpc) is 3.37. The number of nitrogens with zero attached hydrogens (tertiary/aromatic N) is 2. The summed E-state index contributed by atoms with van der Waals surface area (Å²) in [5.74, 6) is 2.32. The highest BCUT2D eigenvalue weighted by atomic mass is 16.5. The Labute approximate surface area is 149 Å². The number of carbonyl (C=O) groups is 1. The zero-order valence-electron chi connectivity index (χ0n) is 15.2. The van der Waals surface area contributed by atoms with Crippen LogP contribution in [0.15, 0.2) is 24.3 Å². The van der Waals surface area contributed by atoms with Gasteiger partial charge < -0.3 is 14.4 Å². The van der Waals surface area contributed by atoms with Crippen molar-refractivity contribution in [2.45, 2.75) is 25.3 Å². The van der Waals surface area contributed by atoms with Crippen molar-refractivity contribution >= 4 is 5.91 Å². The summed E-state index contributed by atoms with van der Waals surface area (Å²) in [6, 6.07) is 8.66. The molecular formula is C20H28N2O3. The summed E-state index contributed by atoms with van der Waals surface area (Å²) in [6.07, 6.45) is 0.984. The number of benzene rings is 1. The van der Waals surface area contributed by atoms with Gasteiger partial charge in [-0.25, -0.2) is 0 Å². The first kappa shape index (κ1) is 16.9. The van der Waals surface area contributed by atoms with Gasteiger partial charge in [0.05, 0.1) is 20.3 Å². The van der Waals surface area contributed by atoms with E-state index in [0.29, 0.717) is 23.8 Å². The van der Waals surface area contributed by atoms with E-state index in [2.05, 4.69) is 28.9 Å². The van der Waals surface area contributed by atoms with Crippen molar-refractivity contribution in [3.63, 3.8) is 0 Å². The molecule has 1 aromatic carbocycles. The van der Waals surface area contributed by atoms with Gasteiger partial charge in [0.15, 0.2) is 0 Å². The molecule has 4 unspecified atom stereocenters. The van der Waals surface area contributed by atoms with E-state index in [0.717, 1.165) is 51.6 Å². The summed E-state index contributed by atoms with van der Waals surface area (Å²) in [6.45, 7) is 7.68. The van der Waals surface area contributed by atoms with Crippen molar-refractivity contribution in [1.29, 1.82) is 0 Å². The highest BCUT2D eigenvalue weighted by Crippen LogP contribution is 2.49. The Hall–Kier alpha value is -1.59. The van der Waals surface area contributed by atoms with E-state index in [4.69, 9.17) is 9.47 Å². The lowest BCUT2D eigenvalue weighted by atomic mass is 10.0. The summed E-state index contributed by atoms with van der Waals surface area (Å²) in [7, 11) is 1.68. The van der Waals surface area contributed by atoms with Crippen LogP contribution >= 0.6 is 0 Å². The summed E-state index contributed by atoms with van der Waals surface area (Å²) in [5.41, 5.74) is 1.26. The largest absolute Gasteiger partial charge is 0.497 e. The first-order valence-electron chi connectivity index (χ1n) is 9.42. The molecule has 2 heterocycles. The van der Waals surface area contributed by atoms with Crippen molar-refractivity contribution in [2.75, 3.05) is 46.5 Å². The van der Waals surface area contributed by atoms with E-state index in [-0.39, 0.29) is 5.92 Å². The fourth-order valence-corrected chi connectivity index (χ4v) is 4.44. The van der Waals surface area contributed by atoms with Gasteiger partial charge in [0, 0.05) is 38.1 Å². The van der Waals surface area contributed by atoms with Crippen LogP contribution in [0.4, 0.5) is 0 Å². The van der Waals surface area contributed by atoms with Gasteiger partial charge >= 0.3 is 0 Å². The van der Waals surface area contributed by atoms with E-state index in [1.807, 2.05) is 12.1 Å². The minimum Gasteiger partial charge on any atom is -0.497 e. The molecule has 2 aliphatic heterocycles. The summed E-state index contributed by atoms with van der Waals surface area (Å²) in [5, 5.41) is 0. The zero-order chi connectivity index (χ0) is 17.4. The minimum absolute atomic E-state index is 0.170. The molecule has 0 N–H and O–H groups in total. The smallest absolute Gasteiger partial charge is 0.226 e. The molecule has 136 valence electrons. The summed E-state index contributed by atoms with van der Waals surface area (Å²) >= 11 is 0. The number of likely N-dealkylation sites (tertiary alicyclic amines) is 1. The highest BCUT2D eigenvalue weighted by Gasteiger charge is 2.48. The molecule has 0 spiro atoms. The third kappa shape index (κ3) is 3.40. The van der Waals surface area contributed by atoms with E-state index in [9.17, 15) is 4.79 Å². The molecule has 1 aromatic rings. The van der Waals surface area contributed by atoms with Crippen molar-refractivity contribution in [3.05, 3.63) is 29.8 Å². The maximum absolute atomic E-state index is 12.9. The van der Waals surface area contributed by atoms with Crippen LogP contribution in [0.25, 0.3) is 0 Å². The van der Waals surface area contributed by atoms with Crippen LogP contribution in [0.3, 0.4) is 0 Å². The molecule has 5 nitrogen and oxygen atoms in total. The zero-order valence-corrected chi connectivity index (χ0v) is 15.2. The van der Waals surface area contributed by atoms with Crippen molar-refractivity contribution in [2.24, 2.45) is 11.8 Å². The predicted molar refractivity (Wildman–Crippen MR) is 95.8 cm³/mol. The molecule has 1 saturated carbocycles. The second kappa shape index (κ2) is 6.96. The SMILES string of the molecule is COc1ccc(C2CC2C(=O)N2CC(C)C(N3CCOCC3)C2)cc1. The number of amides is 1. The van der Waals surface area contributed by atoms with Crippen LogP contribution in [0.1, 0.15) is 24.8 Å². The fraction of sp³-hybridized carbons (Fsp3) is 0.650. The minimum atomic E-state index is 0.170. The highest BCUT2D eigenvalue weighted by molar-refractivity contribution is 5.83. The monoisotopic (exact) mass is 344 g/mol. The van der Waals surface area contributed by atoms with Gasteiger partial charge in [0.25, 0.3) is 0 Å². The first-order valence-corrected chi connectivity index (χ1v) is 9.42. The van der Waals surface area contributed by atoms with Crippen LogP contribution in [0.2, 0.25) is 0 Å². The van der Waals surface area contributed by atoms with E-state index >= 15 is 0 Å². The number of hydrogen-bond donors (Lipinski definition) is 0. The Morgan fingerprint density at radius 3 is 2.56 bits per heavy atom. The van der Waals surface area contributed by atoms with Crippen LogP contribution < -0.4 is 4.74 Å². The number of methoxy groups -OCH3 is 1. The number of ether oxygens (including phenoxy) is 2. The standard InChI is InChI=1S/C20H28N2O3/c1-14-12-22(13-19(14)21-7-9-25-10-8-21)20(23)18-11-17(18)15-3-5-16(24-2)6-4-15/h3-6,14,17-19H,7-13H2,1-2H3. The van der Waals surface area contributed by atoms with Crippen molar-refractivity contribution in [1.82, 2.24) is 9.80 Å². The number of rotatable bonds is 4. The Morgan fingerprint density at radius 2 is 1.88 bits per heavy atom. The van der Waals surface area contributed by atoms with Gasteiger partial charge in [0.2, 0.25) is 5.91 Å². The molecule has 1 amide bonds. The lowest BCUT2D eigenvalue weighted by molar-refractivity contribution is -0.131. The second-order valence-electron chi connectivity index (χ2n) is 7.66. The Morgan fingerprint density at radius 1 is 1.16 bits per heavy atom. The predicted octanol–water partition coefficient (Wildman–Crippen LogP) is 1.98. The number of carbonyl (C=O) groups excluding carboxylic acids is 1. The van der Waals surface area contributed by atoms with E-state index < -0.39 is 0 Å². The lowest BCUT2D eigenvalue weighted by Crippen LogP contribution is -2.47. The third-order valence-corrected chi connectivity index (χ3v) is 6.05. The molecule has 1 aliphatic carbocycles. The molecule has 2 saturated heterocycles. The molecular weight excluding hydrogens is 316 g/mol. The molecule has 0 bridgehead atoms. The van der Waals surface area contributed by atoms with Gasteiger partial charge in [-0.15, -0.1) is 0 Å². The number of hydrogen-bond acceptors (Lipinski definition) is 4. The Kier molecular flexibility index (Phi) is 4.69. The van der Waals surface area contributed by atoms with Crippen LogP contribution in [0, 0.1) is 11.8 Å². The first-order chi connectivity index (χ1) is 12.2.